The minimum absolute atomic E-state index is 0.394. The van der Waals surface area contributed by atoms with Crippen molar-refractivity contribution in [2.75, 3.05) is 0 Å². The highest BCUT2D eigenvalue weighted by Gasteiger charge is 2.37. The van der Waals surface area contributed by atoms with Crippen LogP contribution in [-0.2, 0) is 11.5 Å². The van der Waals surface area contributed by atoms with E-state index in [1.807, 2.05) is 0 Å². The molecular weight excluding hydrogens is 320 g/mol. The van der Waals surface area contributed by atoms with E-state index in [0.717, 1.165) is 0 Å². The van der Waals surface area contributed by atoms with Crippen molar-refractivity contribution < 1.29 is 22.0 Å². The van der Waals surface area contributed by atoms with Gasteiger partial charge in [-0.15, -0.1) is 0 Å². The molecule has 0 aliphatic rings. The van der Waals surface area contributed by atoms with Gasteiger partial charge in [-0.05, 0) is 0 Å². The first-order valence-electron chi connectivity index (χ1n) is 3.87. The number of hydrogen-bond acceptors (Lipinski definition) is 1. The third-order valence-corrected chi connectivity index (χ3v) is 2.66. The van der Waals surface area contributed by atoms with Gasteiger partial charge in [0.25, 0.3) is 6.43 Å². The Bertz CT molecular complexity index is 393. The third-order valence-electron chi connectivity index (χ3n) is 1.80. The van der Waals surface area contributed by atoms with Crippen LogP contribution >= 0.6 is 27.5 Å². The molecule has 0 saturated heterocycles. The van der Waals surface area contributed by atoms with Gasteiger partial charge in [0.2, 0.25) is 0 Å². The quantitative estimate of drug-likeness (QED) is 0.573. The average molecular weight is 324 g/mol. The summed E-state index contributed by atoms with van der Waals surface area (Å²) in [5, 5.41) is -0.868. The largest absolute Gasteiger partial charge is 0.433 e. The van der Waals surface area contributed by atoms with Crippen LogP contribution in [0.2, 0.25) is 5.02 Å². The van der Waals surface area contributed by atoms with Gasteiger partial charge in [-0.2, -0.15) is 13.2 Å². The van der Waals surface area contributed by atoms with E-state index in [1.54, 1.807) is 0 Å². The summed E-state index contributed by atoms with van der Waals surface area (Å²) in [6, 6.07) is 0. The zero-order chi connectivity index (χ0) is 12.5. The lowest BCUT2D eigenvalue weighted by Gasteiger charge is -2.14. The van der Waals surface area contributed by atoms with Crippen LogP contribution < -0.4 is 0 Å². The lowest BCUT2D eigenvalue weighted by atomic mass is 10.1. The molecule has 0 fully saturated rings. The second-order valence-corrected chi connectivity index (χ2v) is 3.75. The topological polar surface area (TPSA) is 12.9 Å². The van der Waals surface area contributed by atoms with Crippen LogP contribution in [0.4, 0.5) is 22.0 Å². The Morgan fingerprint density at radius 3 is 2.31 bits per heavy atom. The van der Waals surface area contributed by atoms with Crippen LogP contribution in [0, 0.1) is 0 Å². The lowest BCUT2D eigenvalue weighted by Crippen LogP contribution is -2.13. The van der Waals surface area contributed by atoms with Crippen molar-refractivity contribution in [3.05, 3.63) is 28.0 Å². The molecule has 0 amide bonds. The van der Waals surface area contributed by atoms with Crippen molar-refractivity contribution >= 4 is 27.5 Å². The summed E-state index contributed by atoms with van der Waals surface area (Å²) in [5.74, 6) is 0. The van der Waals surface area contributed by atoms with Crippen LogP contribution in [0.15, 0.2) is 6.20 Å². The molecule has 16 heavy (non-hydrogen) atoms. The van der Waals surface area contributed by atoms with Gasteiger partial charge in [0.15, 0.2) is 0 Å². The number of nitrogens with zero attached hydrogens (tertiary/aromatic N) is 1. The predicted molar refractivity (Wildman–Crippen MR) is 51.8 cm³/mol. The molecule has 1 nitrogen and oxygen atoms in total. The second-order valence-electron chi connectivity index (χ2n) is 2.78. The van der Waals surface area contributed by atoms with Crippen LogP contribution in [0.25, 0.3) is 0 Å². The SMILES string of the molecule is FC(F)c1c(Cl)cnc(C(F)(F)F)c1CBr. The van der Waals surface area contributed by atoms with Crippen molar-refractivity contribution in [2.45, 2.75) is 17.9 Å². The Morgan fingerprint density at radius 2 is 1.94 bits per heavy atom. The molecule has 1 rings (SSSR count). The summed E-state index contributed by atoms with van der Waals surface area (Å²) in [6.07, 6.45) is -7.28. The second kappa shape index (κ2) is 4.83. The van der Waals surface area contributed by atoms with Crippen molar-refractivity contribution in [3.8, 4) is 0 Å². The van der Waals surface area contributed by atoms with Crippen LogP contribution in [0.3, 0.4) is 0 Å². The number of halogens is 7. The molecule has 0 radical (unpaired) electrons. The number of hydrogen-bond donors (Lipinski definition) is 0. The molecule has 0 spiro atoms. The standard InChI is InChI=1S/C8H4BrClF5N/c9-1-3-5(7(11)12)4(10)2-16-6(3)8(13,14)15/h2,7H,1H2. The lowest BCUT2D eigenvalue weighted by molar-refractivity contribution is -0.141. The van der Waals surface area contributed by atoms with Crippen molar-refractivity contribution in [1.82, 2.24) is 4.98 Å². The van der Waals surface area contributed by atoms with Gasteiger partial charge < -0.3 is 0 Å². The number of rotatable bonds is 2. The molecule has 0 aromatic carbocycles. The van der Waals surface area contributed by atoms with Crippen LogP contribution in [0.1, 0.15) is 23.2 Å². The van der Waals surface area contributed by atoms with E-state index in [2.05, 4.69) is 20.9 Å². The summed E-state index contributed by atoms with van der Waals surface area (Å²) in [7, 11) is 0. The smallest absolute Gasteiger partial charge is 0.250 e. The Kier molecular flexibility index (Phi) is 4.12. The van der Waals surface area contributed by atoms with Crippen LogP contribution in [0.5, 0.6) is 0 Å². The van der Waals surface area contributed by atoms with Crippen molar-refractivity contribution in [1.29, 1.82) is 0 Å². The zero-order valence-electron chi connectivity index (χ0n) is 7.45. The Balaban J connectivity index is 3.49. The number of pyridine rings is 1. The number of aromatic nitrogens is 1. The molecule has 1 aromatic heterocycles. The van der Waals surface area contributed by atoms with Gasteiger partial charge in [0.1, 0.15) is 5.69 Å². The van der Waals surface area contributed by atoms with Gasteiger partial charge in [0.05, 0.1) is 5.02 Å². The molecule has 90 valence electrons. The molecule has 0 N–H and O–H groups in total. The molecule has 0 saturated carbocycles. The first-order chi connectivity index (χ1) is 7.29. The molecule has 0 aliphatic heterocycles. The Hall–Kier alpha value is -0.430. The highest BCUT2D eigenvalue weighted by molar-refractivity contribution is 9.08. The third kappa shape index (κ3) is 2.63. The van der Waals surface area contributed by atoms with E-state index in [4.69, 9.17) is 11.6 Å². The molecular formula is C8H4BrClF5N. The van der Waals surface area contributed by atoms with Crippen molar-refractivity contribution in [2.24, 2.45) is 0 Å². The van der Waals surface area contributed by atoms with E-state index >= 15 is 0 Å². The monoisotopic (exact) mass is 323 g/mol. The van der Waals surface area contributed by atoms with E-state index in [-0.39, 0.29) is 0 Å². The van der Waals surface area contributed by atoms with Gasteiger partial charge in [-0.3, -0.25) is 0 Å². The Morgan fingerprint density at radius 1 is 1.38 bits per heavy atom. The molecule has 0 unspecified atom stereocenters. The fraction of sp³-hybridized carbons (Fsp3) is 0.375. The first-order valence-corrected chi connectivity index (χ1v) is 5.37. The zero-order valence-corrected chi connectivity index (χ0v) is 9.80. The van der Waals surface area contributed by atoms with Crippen molar-refractivity contribution in [3.63, 3.8) is 0 Å². The van der Waals surface area contributed by atoms with Crippen LogP contribution in [-0.4, -0.2) is 4.98 Å². The molecule has 1 heterocycles. The fourth-order valence-corrected chi connectivity index (χ4v) is 1.97. The Labute approximate surface area is 101 Å². The normalized spacial score (nSPS) is 12.2. The van der Waals surface area contributed by atoms with Gasteiger partial charge in [-0.25, -0.2) is 13.8 Å². The fourth-order valence-electron chi connectivity index (χ4n) is 1.16. The summed E-state index contributed by atoms with van der Waals surface area (Å²) in [6.45, 7) is 0. The van der Waals surface area contributed by atoms with Gasteiger partial charge in [-0.1, -0.05) is 27.5 Å². The van der Waals surface area contributed by atoms with E-state index in [1.165, 1.54) is 0 Å². The summed E-state index contributed by atoms with van der Waals surface area (Å²) in [4.78, 5) is 3.04. The highest BCUT2D eigenvalue weighted by atomic mass is 79.9. The van der Waals surface area contributed by atoms with Gasteiger partial charge >= 0.3 is 6.18 Å². The first kappa shape index (κ1) is 13.6. The predicted octanol–water partition coefficient (Wildman–Crippen LogP) is 4.59. The van der Waals surface area contributed by atoms with Gasteiger partial charge in [0, 0.05) is 22.7 Å². The average Bonchev–Trinajstić information content (AvgIpc) is 2.14. The minimum atomic E-state index is -4.78. The molecule has 1 aromatic rings. The maximum atomic E-state index is 12.5. The van der Waals surface area contributed by atoms with E-state index in [0.29, 0.717) is 6.20 Å². The minimum Gasteiger partial charge on any atom is -0.250 e. The highest BCUT2D eigenvalue weighted by Crippen LogP contribution is 2.38. The maximum Gasteiger partial charge on any atom is 0.433 e. The van der Waals surface area contributed by atoms with E-state index < -0.39 is 39.8 Å². The maximum absolute atomic E-state index is 12.5. The summed E-state index contributed by atoms with van der Waals surface area (Å²) < 4.78 is 62.4. The molecule has 0 bridgehead atoms. The number of alkyl halides is 6. The summed E-state index contributed by atoms with van der Waals surface area (Å²) in [5.41, 5.74) is -2.81. The molecule has 0 atom stereocenters. The summed E-state index contributed by atoms with van der Waals surface area (Å²) >= 11 is 8.12. The molecule has 0 aliphatic carbocycles. The van der Waals surface area contributed by atoms with E-state index in [9.17, 15) is 22.0 Å². The molecule has 8 heteroatoms.